The van der Waals surface area contributed by atoms with E-state index in [1.54, 1.807) is 0 Å². The fraction of sp³-hybridized carbons (Fsp3) is 0.471. The van der Waals surface area contributed by atoms with Crippen LogP contribution in [0.2, 0.25) is 0 Å². The van der Waals surface area contributed by atoms with Crippen molar-refractivity contribution in [2.45, 2.75) is 32.9 Å². The lowest BCUT2D eigenvalue weighted by molar-refractivity contribution is 0.652. The summed E-state index contributed by atoms with van der Waals surface area (Å²) in [6, 6.07) is 8.56. The van der Waals surface area contributed by atoms with Crippen LogP contribution in [0.3, 0.4) is 0 Å². The van der Waals surface area contributed by atoms with E-state index < -0.39 is 0 Å². The highest BCUT2D eigenvalue weighted by molar-refractivity contribution is 5.48. The first-order chi connectivity index (χ1) is 10.2. The van der Waals surface area contributed by atoms with Crippen molar-refractivity contribution in [2.75, 3.05) is 18.0 Å². The summed E-state index contributed by atoms with van der Waals surface area (Å²) in [6.07, 6.45) is 4.65. The van der Waals surface area contributed by atoms with Gasteiger partial charge in [-0.2, -0.15) is 0 Å². The summed E-state index contributed by atoms with van der Waals surface area (Å²) in [7, 11) is 2.08. The average molecular weight is 284 g/mol. The zero-order valence-electron chi connectivity index (χ0n) is 13.0. The number of nitrogens with one attached hydrogen (secondary N) is 1. The number of nitrogens with zero attached hydrogens (tertiary/aromatic N) is 3. The van der Waals surface area contributed by atoms with Crippen LogP contribution in [0.1, 0.15) is 29.8 Å². The molecular weight excluding hydrogens is 260 g/mol. The second kappa shape index (κ2) is 6.31. The van der Waals surface area contributed by atoms with Crippen molar-refractivity contribution in [3.05, 3.63) is 47.4 Å². The summed E-state index contributed by atoms with van der Waals surface area (Å²) < 4.78 is 2.15. The van der Waals surface area contributed by atoms with E-state index in [0.29, 0.717) is 0 Å². The summed E-state index contributed by atoms with van der Waals surface area (Å²) in [5.74, 6) is 1.17. The van der Waals surface area contributed by atoms with E-state index in [4.69, 9.17) is 4.98 Å². The predicted octanol–water partition coefficient (Wildman–Crippen LogP) is 2.62. The third-order valence-electron chi connectivity index (χ3n) is 4.17. The van der Waals surface area contributed by atoms with Gasteiger partial charge in [0.2, 0.25) is 0 Å². The van der Waals surface area contributed by atoms with Gasteiger partial charge in [0.25, 0.3) is 0 Å². The molecule has 0 spiro atoms. The second-order valence-electron chi connectivity index (χ2n) is 5.84. The monoisotopic (exact) mass is 284 g/mol. The highest BCUT2D eigenvalue weighted by Crippen LogP contribution is 2.23. The van der Waals surface area contributed by atoms with Crippen molar-refractivity contribution >= 4 is 5.82 Å². The molecule has 0 atom stereocenters. The topological polar surface area (TPSA) is 33.1 Å². The van der Waals surface area contributed by atoms with Gasteiger partial charge in [-0.15, -0.1) is 0 Å². The Hall–Kier alpha value is -1.81. The van der Waals surface area contributed by atoms with Crippen LogP contribution < -0.4 is 10.2 Å². The normalized spacial score (nSPS) is 14.9. The van der Waals surface area contributed by atoms with Crippen molar-refractivity contribution in [3.63, 3.8) is 0 Å². The molecule has 0 unspecified atom stereocenters. The van der Waals surface area contributed by atoms with Gasteiger partial charge in [-0.1, -0.05) is 6.07 Å². The maximum Gasteiger partial charge on any atom is 0.133 e. The molecule has 21 heavy (non-hydrogen) atoms. The molecule has 1 aliphatic heterocycles. The van der Waals surface area contributed by atoms with Crippen molar-refractivity contribution in [3.8, 4) is 0 Å². The molecule has 1 N–H and O–H groups in total. The molecule has 0 amide bonds. The summed E-state index contributed by atoms with van der Waals surface area (Å²) in [5.41, 5.74) is 3.71. The number of aromatic nitrogens is 2. The summed E-state index contributed by atoms with van der Waals surface area (Å²) in [4.78, 5) is 7.19. The smallest absolute Gasteiger partial charge is 0.133 e. The molecule has 4 heteroatoms. The molecule has 1 fully saturated rings. The van der Waals surface area contributed by atoms with Crippen LogP contribution >= 0.6 is 0 Å². The van der Waals surface area contributed by atoms with E-state index in [1.807, 2.05) is 0 Å². The fourth-order valence-corrected chi connectivity index (χ4v) is 2.92. The molecule has 3 rings (SSSR count). The Kier molecular flexibility index (Phi) is 4.25. The lowest BCUT2D eigenvalue weighted by atomic mass is 10.2. The zero-order valence-corrected chi connectivity index (χ0v) is 13.0. The molecule has 112 valence electrons. The Balaban J connectivity index is 1.68. The lowest BCUT2D eigenvalue weighted by Crippen LogP contribution is -2.23. The van der Waals surface area contributed by atoms with Crippen molar-refractivity contribution in [1.29, 1.82) is 0 Å². The number of pyridine rings is 1. The maximum absolute atomic E-state index is 4.77. The average Bonchev–Trinajstić information content (AvgIpc) is 3.13. The van der Waals surface area contributed by atoms with Crippen molar-refractivity contribution in [2.24, 2.45) is 7.05 Å². The highest BCUT2D eigenvalue weighted by Gasteiger charge is 2.17. The first-order valence-corrected chi connectivity index (χ1v) is 7.76. The molecule has 0 bridgehead atoms. The van der Waals surface area contributed by atoms with Crippen LogP contribution in [0.25, 0.3) is 0 Å². The van der Waals surface area contributed by atoms with Crippen molar-refractivity contribution in [1.82, 2.24) is 14.9 Å². The third kappa shape index (κ3) is 3.27. The summed E-state index contributed by atoms with van der Waals surface area (Å²) in [5, 5.41) is 3.54. The highest BCUT2D eigenvalue weighted by atomic mass is 15.2. The van der Waals surface area contributed by atoms with Crippen LogP contribution in [0.4, 0.5) is 5.82 Å². The Labute approximate surface area is 126 Å². The van der Waals surface area contributed by atoms with Crippen LogP contribution in [0.15, 0.2) is 30.5 Å². The van der Waals surface area contributed by atoms with E-state index in [9.17, 15) is 0 Å². The largest absolute Gasteiger partial charge is 0.356 e. The molecule has 0 saturated carbocycles. The van der Waals surface area contributed by atoms with Gasteiger partial charge in [-0.3, -0.25) is 0 Å². The number of anilines is 1. The van der Waals surface area contributed by atoms with Crippen molar-refractivity contribution < 1.29 is 0 Å². The maximum atomic E-state index is 4.77. The fourth-order valence-electron chi connectivity index (χ4n) is 2.92. The minimum Gasteiger partial charge on any atom is -0.356 e. The van der Waals surface area contributed by atoms with E-state index >= 15 is 0 Å². The Morgan fingerprint density at radius 1 is 1.14 bits per heavy atom. The molecular formula is C17H24N4. The SMILES string of the molecule is Cc1ccc(CNCc2cccn2C)c(N2CCCC2)n1. The Morgan fingerprint density at radius 2 is 1.95 bits per heavy atom. The van der Waals surface area contributed by atoms with E-state index in [-0.39, 0.29) is 0 Å². The molecule has 1 aliphatic rings. The lowest BCUT2D eigenvalue weighted by Gasteiger charge is -2.21. The van der Waals surface area contributed by atoms with Gasteiger partial charge in [-0.25, -0.2) is 4.98 Å². The van der Waals surface area contributed by atoms with E-state index in [0.717, 1.165) is 31.9 Å². The summed E-state index contributed by atoms with van der Waals surface area (Å²) in [6.45, 7) is 6.10. The standard InChI is InChI=1S/C17H24N4/c1-14-7-8-15(17(19-14)21-10-3-4-11-21)12-18-13-16-6-5-9-20(16)2/h5-9,18H,3-4,10-13H2,1-2H3. The molecule has 0 aromatic carbocycles. The third-order valence-corrected chi connectivity index (χ3v) is 4.17. The van der Waals surface area contributed by atoms with Gasteiger partial charge in [0.05, 0.1) is 0 Å². The quantitative estimate of drug-likeness (QED) is 0.916. The van der Waals surface area contributed by atoms with Gasteiger partial charge in [-0.05, 0) is 38.0 Å². The van der Waals surface area contributed by atoms with Gasteiger partial charge < -0.3 is 14.8 Å². The molecule has 0 aliphatic carbocycles. The minimum absolute atomic E-state index is 0.865. The number of hydrogen-bond acceptors (Lipinski definition) is 3. The Morgan fingerprint density at radius 3 is 2.67 bits per heavy atom. The second-order valence-corrected chi connectivity index (χ2v) is 5.84. The van der Waals surface area contributed by atoms with E-state index in [1.165, 1.54) is 29.9 Å². The van der Waals surface area contributed by atoms with Gasteiger partial charge >= 0.3 is 0 Å². The number of hydrogen-bond donors (Lipinski definition) is 1. The summed E-state index contributed by atoms with van der Waals surface area (Å²) >= 11 is 0. The molecule has 0 radical (unpaired) electrons. The van der Waals surface area contributed by atoms with Crippen LogP contribution in [0.5, 0.6) is 0 Å². The minimum atomic E-state index is 0.865. The van der Waals surface area contributed by atoms with Gasteiger partial charge in [0, 0.05) is 56.4 Å². The molecule has 2 aromatic heterocycles. The number of aryl methyl sites for hydroxylation is 2. The van der Waals surface area contributed by atoms with Gasteiger partial charge in [0.15, 0.2) is 0 Å². The first-order valence-electron chi connectivity index (χ1n) is 7.76. The first kappa shape index (κ1) is 14.1. The van der Waals surface area contributed by atoms with E-state index in [2.05, 4.69) is 59.2 Å². The molecule has 1 saturated heterocycles. The molecule has 4 nitrogen and oxygen atoms in total. The zero-order chi connectivity index (χ0) is 14.7. The number of rotatable bonds is 5. The molecule has 2 aromatic rings. The van der Waals surface area contributed by atoms with Crippen LogP contribution in [-0.4, -0.2) is 22.6 Å². The van der Waals surface area contributed by atoms with Crippen LogP contribution in [-0.2, 0) is 20.1 Å². The van der Waals surface area contributed by atoms with Crippen LogP contribution in [0, 0.1) is 6.92 Å². The Bertz CT molecular complexity index is 597. The van der Waals surface area contributed by atoms with Gasteiger partial charge in [0.1, 0.15) is 5.82 Å². The molecule has 3 heterocycles. The predicted molar refractivity (Wildman–Crippen MR) is 86.4 cm³/mol.